The van der Waals surface area contributed by atoms with Crippen molar-refractivity contribution in [2.45, 2.75) is 32.9 Å². The summed E-state index contributed by atoms with van der Waals surface area (Å²) in [6.45, 7) is 5.98. The van der Waals surface area contributed by atoms with Crippen molar-refractivity contribution in [3.8, 4) is 11.5 Å². The molecule has 1 aromatic rings. The molecule has 1 aromatic carbocycles. The zero-order valence-corrected chi connectivity index (χ0v) is 14.1. The van der Waals surface area contributed by atoms with Crippen molar-refractivity contribution < 1.29 is 17.9 Å². The second-order valence-electron chi connectivity index (χ2n) is 5.65. The summed E-state index contributed by atoms with van der Waals surface area (Å²) < 4.78 is 35.6. The lowest BCUT2D eigenvalue weighted by Crippen LogP contribution is -2.37. The Labute approximate surface area is 132 Å². The molecule has 0 fully saturated rings. The van der Waals surface area contributed by atoms with Gasteiger partial charge in [-0.2, -0.15) is 4.31 Å². The van der Waals surface area contributed by atoms with E-state index in [0.29, 0.717) is 13.1 Å². The third-order valence-corrected chi connectivity index (χ3v) is 4.98. The summed E-state index contributed by atoms with van der Waals surface area (Å²) >= 11 is 0. The van der Waals surface area contributed by atoms with E-state index in [9.17, 15) is 8.42 Å². The minimum atomic E-state index is -3.14. The molecule has 6 nitrogen and oxygen atoms in total. The second-order valence-corrected chi connectivity index (χ2v) is 7.58. The Hall–Kier alpha value is -1.31. The number of fused-ring (bicyclic) bond motifs is 1. The van der Waals surface area contributed by atoms with Crippen molar-refractivity contribution in [2.75, 3.05) is 26.1 Å². The van der Waals surface area contributed by atoms with Crippen LogP contribution in [0, 0.1) is 0 Å². The summed E-state index contributed by atoms with van der Waals surface area (Å²) in [5.41, 5.74) is 1.05. The minimum Gasteiger partial charge on any atom is -0.454 e. The first-order chi connectivity index (χ1) is 10.4. The molecule has 0 amide bonds. The maximum atomic E-state index is 11.7. The Morgan fingerprint density at radius 3 is 2.77 bits per heavy atom. The van der Waals surface area contributed by atoms with Crippen molar-refractivity contribution in [1.82, 2.24) is 9.62 Å². The first kappa shape index (κ1) is 17.1. The van der Waals surface area contributed by atoms with Crippen molar-refractivity contribution in [2.24, 2.45) is 0 Å². The fraction of sp³-hybridized carbons (Fsp3) is 0.600. The molecule has 1 heterocycles. The third-order valence-electron chi connectivity index (χ3n) is 3.53. The smallest absolute Gasteiger partial charge is 0.231 e. The van der Waals surface area contributed by atoms with Crippen LogP contribution >= 0.6 is 0 Å². The molecule has 7 heteroatoms. The van der Waals surface area contributed by atoms with E-state index in [1.165, 1.54) is 10.6 Å². The molecule has 0 saturated heterocycles. The summed E-state index contributed by atoms with van der Waals surface area (Å²) in [7, 11) is -3.14. The van der Waals surface area contributed by atoms with Crippen LogP contribution in [0.1, 0.15) is 25.8 Å². The Morgan fingerprint density at radius 1 is 1.32 bits per heavy atom. The van der Waals surface area contributed by atoms with Gasteiger partial charge < -0.3 is 14.8 Å². The molecular weight excluding hydrogens is 304 g/mol. The zero-order chi connectivity index (χ0) is 16.2. The predicted molar refractivity (Wildman–Crippen MR) is 85.6 cm³/mol. The van der Waals surface area contributed by atoms with Crippen LogP contribution in [0.2, 0.25) is 0 Å². The largest absolute Gasteiger partial charge is 0.454 e. The van der Waals surface area contributed by atoms with Crippen molar-refractivity contribution in [3.63, 3.8) is 0 Å². The van der Waals surface area contributed by atoms with Crippen molar-refractivity contribution >= 4 is 10.0 Å². The van der Waals surface area contributed by atoms with E-state index in [0.717, 1.165) is 30.0 Å². The van der Waals surface area contributed by atoms with E-state index in [1.807, 2.05) is 32.0 Å². The molecule has 0 unspecified atom stereocenters. The van der Waals surface area contributed by atoms with Gasteiger partial charge in [-0.15, -0.1) is 0 Å². The van der Waals surface area contributed by atoms with Gasteiger partial charge in [0, 0.05) is 24.7 Å². The molecule has 0 spiro atoms. The highest BCUT2D eigenvalue weighted by Crippen LogP contribution is 2.35. The normalized spacial score (nSPS) is 14.0. The zero-order valence-electron chi connectivity index (χ0n) is 13.3. The first-order valence-electron chi connectivity index (χ1n) is 7.44. The molecule has 22 heavy (non-hydrogen) atoms. The standard InChI is InChI=1S/C15H24N2O4S/c1-12(2)17(22(3,18)19)9-5-8-16-10-13-6-4-7-14-15(13)21-11-20-14/h4,6-7,12,16H,5,8-11H2,1-3H3. The molecule has 0 aliphatic carbocycles. The fourth-order valence-corrected chi connectivity index (χ4v) is 3.75. The lowest BCUT2D eigenvalue weighted by atomic mass is 10.2. The van der Waals surface area contributed by atoms with E-state index < -0.39 is 10.0 Å². The third kappa shape index (κ3) is 4.34. The van der Waals surface area contributed by atoms with E-state index in [4.69, 9.17) is 9.47 Å². The van der Waals surface area contributed by atoms with Gasteiger partial charge >= 0.3 is 0 Å². The van der Waals surface area contributed by atoms with Crippen LogP contribution in [0.5, 0.6) is 11.5 Å². The van der Waals surface area contributed by atoms with Gasteiger partial charge in [-0.05, 0) is 32.9 Å². The molecule has 2 rings (SSSR count). The van der Waals surface area contributed by atoms with E-state index in [2.05, 4.69) is 5.32 Å². The molecule has 0 bridgehead atoms. The van der Waals surface area contributed by atoms with Crippen LogP contribution in [0.15, 0.2) is 18.2 Å². The summed E-state index contributed by atoms with van der Waals surface area (Å²) in [5, 5.41) is 3.32. The number of nitrogens with zero attached hydrogens (tertiary/aromatic N) is 1. The van der Waals surface area contributed by atoms with Crippen LogP contribution in [0.3, 0.4) is 0 Å². The summed E-state index contributed by atoms with van der Waals surface area (Å²) in [4.78, 5) is 0. The summed E-state index contributed by atoms with van der Waals surface area (Å²) in [5.74, 6) is 1.58. The molecule has 1 aliphatic rings. The van der Waals surface area contributed by atoms with Gasteiger partial charge in [-0.25, -0.2) is 8.42 Å². The maximum absolute atomic E-state index is 11.7. The minimum absolute atomic E-state index is 0.0158. The van der Waals surface area contributed by atoms with Gasteiger partial charge in [0.1, 0.15) is 0 Å². The molecule has 1 aliphatic heterocycles. The Bertz CT molecular complexity index is 602. The second kappa shape index (κ2) is 7.30. The van der Waals surface area contributed by atoms with Crippen LogP contribution in [0.25, 0.3) is 0 Å². The van der Waals surface area contributed by atoms with Crippen molar-refractivity contribution in [1.29, 1.82) is 0 Å². The topological polar surface area (TPSA) is 67.9 Å². The van der Waals surface area contributed by atoms with E-state index >= 15 is 0 Å². The predicted octanol–water partition coefficient (Wildman–Crippen LogP) is 1.57. The average Bonchev–Trinajstić information content (AvgIpc) is 2.89. The molecular formula is C15H24N2O4S. The highest BCUT2D eigenvalue weighted by molar-refractivity contribution is 7.88. The quantitative estimate of drug-likeness (QED) is 0.734. The summed E-state index contributed by atoms with van der Waals surface area (Å²) in [6.07, 6.45) is 2.02. The lowest BCUT2D eigenvalue weighted by molar-refractivity contribution is 0.173. The van der Waals surface area contributed by atoms with Gasteiger partial charge in [-0.3, -0.25) is 0 Å². The van der Waals surface area contributed by atoms with E-state index in [1.54, 1.807) is 0 Å². The first-order valence-corrected chi connectivity index (χ1v) is 9.29. The van der Waals surface area contributed by atoms with Gasteiger partial charge in [0.05, 0.1) is 6.26 Å². The Morgan fingerprint density at radius 2 is 2.09 bits per heavy atom. The Kier molecular flexibility index (Phi) is 5.66. The fourth-order valence-electron chi connectivity index (χ4n) is 2.52. The highest BCUT2D eigenvalue weighted by Gasteiger charge is 2.19. The molecule has 0 atom stereocenters. The number of para-hydroxylation sites is 1. The van der Waals surface area contributed by atoms with Crippen LogP contribution in [-0.2, 0) is 16.6 Å². The number of ether oxygens (including phenoxy) is 2. The van der Waals surface area contributed by atoms with E-state index in [-0.39, 0.29) is 12.8 Å². The molecule has 0 radical (unpaired) electrons. The number of rotatable bonds is 8. The van der Waals surface area contributed by atoms with Gasteiger partial charge in [0.25, 0.3) is 0 Å². The summed E-state index contributed by atoms with van der Waals surface area (Å²) in [6, 6.07) is 5.81. The van der Waals surface area contributed by atoms with Crippen LogP contribution in [-0.4, -0.2) is 44.9 Å². The molecule has 0 saturated carbocycles. The SMILES string of the molecule is CC(C)N(CCCNCc1cccc2c1OCO2)S(C)(=O)=O. The number of sulfonamides is 1. The van der Waals surface area contributed by atoms with Crippen LogP contribution < -0.4 is 14.8 Å². The number of hydrogen-bond donors (Lipinski definition) is 1. The van der Waals surface area contributed by atoms with Gasteiger partial charge in [0.2, 0.25) is 16.8 Å². The monoisotopic (exact) mass is 328 g/mol. The highest BCUT2D eigenvalue weighted by atomic mass is 32.2. The van der Waals surface area contributed by atoms with Gasteiger partial charge in [-0.1, -0.05) is 12.1 Å². The van der Waals surface area contributed by atoms with Crippen LogP contribution in [0.4, 0.5) is 0 Å². The lowest BCUT2D eigenvalue weighted by Gasteiger charge is -2.23. The maximum Gasteiger partial charge on any atom is 0.231 e. The molecule has 124 valence electrons. The number of nitrogens with one attached hydrogen (secondary N) is 1. The Balaban J connectivity index is 1.77. The average molecular weight is 328 g/mol. The van der Waals surface area contributed by atoms with Crippen molar-refractivity contribution in [3.05, 3.63) is 23.8 Å². The molecule has 1 N–H and O–H groups in total. The van der Waals surface area contributed by atoms with Gasteiger partial charge in [0.15, 0.2) is 11.5 Å². The number of hydrogen-bond acceptors (Lipinski definition) is 5. The molecule has 0 aromatic heterocycles. The number of benzene rings is 1.